The van der Waals surface area contributed by atoms with Crippen molar-refractivity contribution in [1.29, 1.82) is 0 Å². The third-order valence-electron chi connectivity index (χ3n) is 3.82. The van der Waals surface area contributed by atoms with Crippen molar-refractivity contribution in [3.63, 3.8) is 0 Å². The first-order chi connectivity index (χ1) is 9.28. The summed E-state index contributed by atoms with van der Waals surface area (Å²) in [5.41, 5.74) is 6.34. The van der Waals surface area contributed by atoms with Crippen LogP contribution in [-0.4, -0.2) is 4.98 Å². The first kappa shape index (κ1) is 12.3. The number of halogens is 1. The van der Waals surface area contributed by atoms with E-state index in [4.69, 9.17) is 5.84 Å². The average Bonchev–Trinajstić information content (AvgIpc) is 2.83. The molecular formula is C15H16FN3. The Balaban J connectivity index is 1.86. The molecule has 0 fully saturated rings. The lowest BCUT2D eigenvalue weighted by Gasteiger charge is -2.22. The van der Waals surface area contributed by atoms with Gasteiger partial charge in [0.25, 0.3) is 0 Å². The zero-order valence-corrected chi connectivity index (χ0v) is 10.5. The highest BCUT2D eigenvalue weighted by molar-refractivity contribution is 5.33. The highest BCUT2D eigenvalue weighted by Gasteiger charge is 2.29. The van der Waals surface area contributed by atoms with Gasteiger partial charge in [0.05, 0.1) is 12.2 Å². The zero-order chi connectivity index (χ0) is 13.2. The molecule has 2 aromatic rings. The number of nitrogens with two attached hydrogens (primary N) is 1. The number of pyridine rings is 1. The monoisotopic (exact) mass is 257 g/mol. The van der Waals surface area contributed by atoms with Gasteiger partial charge < -0.3 is 0 Å². The minimum absolute atomic E-state index is 0.0735. The van der Waals surface area contributed by atoms with Gasteiger partial charge in [0.15, 0.2) is 0 Å². The van der Waals surface area contributed by atoms with E-state index < -0.39 is 0 Å². The predicted molar refractivity (Wildman–Crippen MR) is 71.6 cm³/mol. The summed E-state index contributed by atoms with van der Waals surface area (Å²) in [6.07, 6.45) is 4.81. The summed E-state index contributed by atoms with van der Waals surface area (Å²) in [5, 5.41) is 0. The van der Waals surface area contributed by atoms with Crippen molar-refractivity contribution < 1.29 is 4.39 Å². The smallest absolute Gasteiger partial charge is 0.141 e. The summed E-state index contributed by atoms with van der Waals surface area (Å²) in [7, 11) is 0. The van der Waals surface area contributed by atoms with Crippen molar-refractivity contribution in [2.45, 2.75) is 18.9 Å². The molecule has 4 heteroatoms. The number of fused-ring (bicyclic) bond motifs is 1. The maximum atomic E-state index is 13.3. The van der Waals surface area contributed by atoms with Crippen LogP contribution in [0.5, 0.6) is 0 Å². The standard InChI is InChI=1S/C15H16FN3/c16-14-7-13(8-18-9-14)15(19-17)12-5-10-3-1-2-4-11(10)6-12/h1-4,7-9,12,15,19H,5-6,17H2. The van der Waals surface area contributed by atoms with Crippen LogP contribution in [-0.2, 0) is 12.8 Å². The molecule has 1 aromatic heterocycles. The second-order valence-corrected chi connectivity index (χ2v) is 5.02. The normalized spacial score (nSPS) is 16.3. The van der Waals surface area contributed by atoms with Crippen LogP contribution >= 0.6 is 0 Å². The Hall–Kier alpha value is -1.78. The van der Waals surface area contributed by atoms with E-state index in [2.05, 4.69) is 34.7 Å². The number of hydrazine groups is 1. The van der Waals surface area contributed by atoms with E-state index in [1.807, 2.05) is 0 Å². The molecule has 0 saturated heterocycles. The van der Waals surface area contributed by atoms with Gasteiger partial charge in [-0.1, -0.05) is 24.3 Å². The topological polar surface area (TPSA) is 50.9 Å². The lowest BCUT2D eigenvalue weighted by molar-refractivity contribution is 0.377. The molecule has 3 nitrogen and oxygen atoms in total. The summed E-state index contributed by atoms with van der Waals surface area (Å²) in [6, 6.07) is 9.82. The van der Waals surface area contributed by atoms with Crippen molar-refractivity contribution in [2.24, 2.45) is 11.8 Å². The van der Waals surface area contributed by atoms with Gasteiger partial charge in [0.2, 0.25) is 0 Å². The van der Waals surface area contributed by atoms with Gasteiger partial charge in [-0.2, -0.15) is 0 Å². The van der Waals surface area contributed by atoms with Crippen molar-refractivity contribution in [2.75, 3.05) is 0 Å². The van der Waals surface area contributed by atoms with Crippen molar-refractivity contribution in [3.8, 4) is 0 Å². The van der Waals surface area contributed by atoms with Crippen molar-refractivity contribution >= 4 is 0 Å². The average molecular weight is 257 g/mol. The first-order valence-electron chi connectivity index (χ1n) is 6.41. The Morgan fingerprint density at radius 2 is 1.89 bits per heavy atom. The maximum Gasteiger partial charge on any atom is 0.141 e. The van der Waals surface area contributed by atoms with E-state index in [1.54, 1.807) is 6.20 Å². The second kappa shape index (κ2) is 5.07. The minimum atomic E-state index is -0.326. The van der Waals surface area contributed by atoms with E-state index in [0.29, 0.717) is 5.92 Å². The van der Waals surface area contributed by atoms with Crippen LogP contribution in [0.25, 0.3) is 0 Å². The summed E-state index contributed by atoms with van der Waals surface area (Å²) < 4.78 is 13.3. The molecule has 0 bridgehead atoms. The Morgan fingerprint density at radius 1 is 1.21 bits per heavy atom. The molecule has 3 N–H and O–H groups in total. The molecule has 1 aromatic carbocycles. The number of benzene rings is 1. The molecule has 1 atom stereocenters. The number of rotatable bonds is 3. The Kier molecular flexibility index (Phi) is 3.27. The number of nitrogens with zero attached hydrogens (tertiary/aromatic N) is 1. The van der Waals surface area contributed by atoms with Crippen molar-refractivity contribution in [1.82, 2.24) is 10.4 Å². The lowest BCUT2D eigenvalue weighted by atomic mass is 9.92. The number of hydrogen-bond acceptors (Lipinski definition) is 3. The molecule has 3 rings (SSSR count). The van der Waals surface area contributed by atoms with E-state index in [1.165, 1.54) is 23.4 Å². The highest BCUT2D eigenvalue weighted by Crippen LogP contribution is 2.34. The summed E-state index contributed by atoms with van der Waals surface area (Å²) in [4.78, 5) is 3.90. The van der Waals surface area contributed by atoms with Crippen LogP contribution in [0.1, 0.15) is 22.7 Å². The Bertz CT molecular complexity index is 560. The van der Waals surface area contributed by atoms with Crippen LogP contribution in [0.3, 0.4) is 0 Å². The van der Waals surface area contributed by atoms with Crippen LogP contribution in [0, 0.1) is 11.7 Å². The third-order valence-corrected chi connectivity index (χ3v) is 3.82. The first-order valence-corrected chi connectivity index (χ1v) is 6.41. The molecule has 0 aliphatic heterocycles. The molecule has 19 heavy (non-hydrogen) atoms. The van der Waals surface area contributed by atoms with E-state index in [0.717, 1.165) is 18.4 Å². The molecule has 98 valence electrons. The number of aromatic nitrogens is 1. The predicted octanol–water partition coefficient (Wildman–Crippen LogP) is 2.14. The summed E-state index contributed by atoms with van der Waals surface area (Å²) >= 11 is 0. The van der Waals surface area contributed by atoms with Gasteiger partial charge in [0, 0.05) is 6.20 Å². The van der Waals surface area contributed by atoms with Gasteiger partial charge >= 0.3 is 0 Å². The molecule has 0 spiro atoms. The molecular weight excluding hydrogens is 241 g/mol. The fourth-order valence-electron chi connectivity index (χ4n) is 2.93. The minimum Gasteiger partial charge on any atom is -0.271 e. The quantitative estimate of drug-likeness (QED) is 0.654. The van der Waals surface area contributed by atoms with Gasteiger partial charge in [0.1, 0.15) is 5.82 Å². The van der Waals surface area contributed by atoms with Crippen molar-refractivity contribution in [3.05, 3.63) is 65.2 Å². The summed E-state index contributed by atoms with van der Waals surface area (Å²) in [6.45, 7) is 0. The largest absolute Gasteiger partial charge is 0.271 e. The highest BCUT2D eigenvalue weighted by atomic mass is 19.1. The molecule has 1 aliphatic rings. The van der Waals surface area contributed by atoms with E-state index >= 15 is 0 Å². The fourth-order valence-corrected chi connectivity index (χ4v) is 2.93. The molecule has 0 saturated carbocycles. The lowest BCUT2D eigenvalue weighted by Crippen LogP contribution is -2.34. The van der Waals surface area contributed by atoms with Crippen LogP contribution in [0.15, 0.2) is 42.7 Å². The van der Waals surface area contributed by atoms with Crippen LogP contribution in [0.4, 0.5) is 4.39 Å². The zero-order valence-electron chi connectivity index (χ0n) is 10.5. The van der Waals surface area contributed by atoms with Gasteiger partial charge in [-0.15, -0.1) is 0 Å². The molecule has 1 aliphatic carbocycles. The number of nitrogens with one attached hydrogen (secondary N) is 1. The SMILES string of the molecule is NNC(c1cncc(F)c1)C1Cc2ccccc2C1. The van der Waals surface area contributed by atoms with Crippen LogP contribution in [0.2, 0.25) is 0 Å². The third kappa shape index (κ3) is 2.37. The van der Waals surface area contributed by atoms with Crippen LogP contribution < -0.4 is 11.3 Å². The van der Waals surface area contributed by atoms with E-state index in [9.17, 15) is 4.39 Å². The second-order valence-electron chi connectivity index (χ2n) is 5.02. The molecule has 1 unspecified atom stereocenters. The molecule has 0 amide bonds. The Morgan fingerprint density at radius 3 is 2.47 bits per heavy atom. The summed E-state index contributed by atoms with van der Waals surface area (Å²) in [5.74, 6) is 5.68. The van der Waals surface area contributed by atoms with Gasteiger partial charge in [-0.25, -0.2) is 4.39 Å². The Labute approximate surface area is 111 Å². The van der Waals surface area contributed by atoms with E-state index in [-0.39, 0.29) is 11.9 Å². The fraction of sp³-hybridized carbons (Fsp3) is 0.267. The number of hydrogen-bond donors (Lipinski definition) is 2. The maximum absolute atomic E-state index is 13.3. The van der Waals surface area contributed by atoms with Gasteiger partial charge in [-0.3, -0.25) is 16.3 Å². The molecule has 1 heterocycles. The molecule has 0 radical (unpaired) electrons. The van der Waals surface area contributed by atoms with Gasteiger partial charge in [-0.05, 0) is 41.5 Å².